The van der Waals surface area contributed by atoms with Crippen molar-refractivity contribution in [1.29, 1.82) is 0 Å². The molecule has 0 aliphatic rings. The average Bonchev–Trinajstić information content (AvgIpc) is 2.63. The molecule has 0 radical (unpaired) electrons. The number of amides is 1. The van der Waals surface area contributed by atoms with Gasteiger partial charge in [0.1, 0.15) is 18.2 Å². The zero-order valence-electron chi connectivity index (χ0n) is 14.6. The fourth-order valence-electron chi connectivity index (χ4n) is 2.24. The zero-order valence-corrected chi connectivity index (χ0v) is 15.4. The van der Waals surface area contributed by atoms with Crippen LogP contribution < -0.4 is 15.8 Å². The maximum absolute atomic E-state index is 13.1. The highest BCUT2D eigenvalue weighted by Gasteiger charge is 2.10. The number of carbonyl (C=O) groups excluding carboxylic acids is 1. The molecule has 0 fully saturated rings. The van der Waals surface area contributed by atoms with Crippen LogP contribution in [0.25, 0.3) is 0 Å². The number of hydrogen-bond acceptors (Lipinski definition) is 4. The molecule has 2 rings (SSSR count). The van der Waals surface area contributed by atoms with E-state index in [-0.39, 0.29) is 36.7 Å². The van der Waals surface area contributed by atoms with E-state index < -0.39 is 0 Å². The van der Waals surface area contributed by atoms with E-state index in [1.165, 1.54) is 19.2 Å². The molecule has 2 aromatic rings. The Balaban J connectivity index is 0.00000338. The Morgan fingerprint density at radius 1 is 1.19 bits per heavy atom. The monoisotopic (exact) mass is 382 g/mol. The number of halogens is 2. The fourth-order valence-corrected chi connectivity index (χ4v) is 2.24. The second kappa shape index (κ2) is 11.5. The number of carbonyl (C=O) groups is 1. The highest BCUT2D eigenvalue weighted by molar-refractivity contribution is 5.85. The Labute approximate surface area is 159 Å². The Morgan fingerprint density at radius 3 is 2.54 bits per heavy atom. The van der Waals surface area contributed by atoms with Gasteiger partial charge >= 0.3 is 0 Å². The zero-order chi connectivity index (χ0) is 18.1. The van der Waals surface area contributed by atoms with Gasteiger partial charge in [-0.1, -0.05) is 24.3 Å². The standard InChI is InChI=1S/C19H23FN2O3.ClH/c1-24-18(11-21)10-19(23)22-12-14-5-7-17(8-6-14)25-13-15-3-2-4-16(20)9-15;/h2-9,18H,10-13,21H2,1H3,(H,22,23);1H. The first-order chi connectivity index (χ1) is 12.1. The summed E-state index contributed by atoms with van der Waals surface area (Å²) in [6, 6.07) is 13.7. The molecule has 0 saturated carbocycles. The van der Waals surface area contributed by atoms with Crippen LogP contribution in [0.2, 0.25) is 0 Å². The van der Waals surface area contributed by atoms with E-state index >= 15 is 0 Å². The molecular weight excluding hydrogens is 359 g/mol. The molecule has 1 atom stereocenters. The van der Waals surface area contributed by atoms with Crippen LogP contribution in [0, 0.1) is 5.82 Å². The summed E-state index contributed by atoms with van der Waals surface area (Å²) in [5.41, 5.74) is 7.21. The second-order valence-electron chi connectivity index (χ2n) is 5.64. The van der Waals surface area contributed by atoms with Crippen LogP contribution in [0.1, 0.15) is 17.5 Å². The highest BCUT2D eigenvalue weighted by atomic mass is 35.5. The van der Waals surface area contributed by atoms with Crippen molar-refractivity contribution in [2.24, 2.45) is 5.73 Å². The van der Waals surface area contributed by atoms with Crippen LogP contribution in [0.5, 0.6) is 5.75 Å². The maximum atomic E-state index is 13.1. The van der Waals surface area contributed by atoms with Gasteiger partial charge in [0.25, 0.3) is 0 Å². The number of hydrogen-bond donors (Lipinski definition) is 2. The largest absolute Gasteiger partial charge is 0.489 e. The lowest BCUT2D eigenvalue weighted by atomic mass is 10.2. The van der Waals surface area contributed by atoms with Gasteiger partial charge in [-0.15, -0.1) is 12.4 Å². The summed E-state index contributed by atoms with van der Waals surface area (Å²) in [5, 5.41) is 2.82. The molecule has 0 aliphatic heterocycles. The van der Waals surface area contributed by atoms with Crippen molar-refractivity contribution in [3.63, 3.8) is 0 Å². The Morgan fingerprint density at radius 2 is 1.92 bits per heavy atom. The van der Waals surface area contributed by atoms with Crippen molar-refractivity contribution in [1.82, 2.24) is 5.32 Å². The first kappa shape index (κ1) is 21.9. The van der Waals surface area contributed by atoms with Gasteiger partial charge in [0, 0.05) is 20.2 Å². The summed E-state index contributed by atoms with van der Waals surface area (Å²) in [6.45, 7) is 1.02. The quantitative estimate of drug-likeness (QED) is 0.699. The van der Waals surface area contributed by atoms with Crippen molar-refractivity contribution in [2.75, 3.05) is 13.7 Å². The summed E-state index contributed by atoms with van der Waals surface area (Å²) >= 11 is 0. The summed E-state index contributed by atoms with van der Waals surface area (Å²) in [4.78, 5) is 11.8. The number of nitrogens with two attached hydrogens (primary N) is 1. The van der Waals surface area contributed by atoms with Gasteiger partial charge in [0.2, 0.25) is 5.91 Å². The first-order valence-corrected chi connectivity index (χ1v) is 8.06. The number of ether oxygens (including phenoxy) is 2. The summed E-state index contributed by atoms with van der Waals surface area (Å²) < 4.78 is 23.8. The normalized spacial score (nSPS) is 11.3. The van der Waals surface area contributed by atoms with E-state index in [2.05, 4.69) is 5.32 Å². The predicted molar refractivity (Wildman–Crippen MR) is 101 cm³/mol. The molecule has 26 heavy (non-hydrogen) atoms. The summed E-state index contributed by atoms with van der Waals surface area (Å²) in [7, 11) is 1.54. The van der Waals surface area contributed by atoms with Gasteiger partial charge in [0.15, 0.2) is 0 Å². The van der Waals surface area contributed by atoms with Crippen LogP contribution >= 0.6 is 12.4 Å². The Bertz CT molecular complexity index is 679. The average molecular weight is 383 g/mol. The number of methoxy groups -OCH3 is 1. The van der Waals surface area contributed by atoms with Crippen LogP contribution in [0.3, 0.4) is 0 Å². The maximum Gasteiger partial charge on any atom is 0.222 e. The van der Waals surface area contributed by atoms with E-state index in [1.807, 2.05) is 30.3 Å². The van der Waals surface area contributed by atoms with Gasteiger partial charge in [-0.2, -0.15) is 0 Å². The molecule has 0 spiro atoms. The Hall–Kier alpha value is -2.15. The minimum Gasteiger partial charge on any atom is -0.489 e. The molecule has 0 saturated heterocycles. The van der Waals surface area contributed by atoms with Gasteiger partial charge in [0.05, 0.1) is 12.5 Å². The SMILES string of the molecule is COC(CN)CC(=O)NCc1ccc(OCc2cccc(F)c2)cc1.Cl. The molecule has 0 heterocycles. The molecule has 0 aromatic heterocycles. The van der Waals surface area contributed by atoms with Crippen molar-refractivity contribution < 1.29 is 18.7 Å². The topological polar surface area (TPSA) is 73.6 Å². The summed E-state index contributed by atoms with van der Waals surface area (Å²) in [5.74, 6) is 0.295. The van der Waals surface area contributed by atoms with E-state index in [4.69, 9.17) is 15.2 Å². The minimum absolute atomic E-state index is 0. The number of rotatable bonds is 9. The molecule has 2 aromatic carbocycles. The molecule has 5 nitrogen and oxygen atoms in total. The van der Waals surface area contributed by atoms with Crippen molar-refractivity contribution >= 4 is 18.3 Å². The molecule has 7 heteroatoms. The molecule has 0 aliphatic carbocycles. The van der Waals surface area contributed by atoms with Crippen molar-refractivity contribution in [3.8, 4) is 5.75 Å². The van der Waals surface area contributed by atoms with Gasteiger partial charge < -0.3 is 20.5 Å². The fraction of sp³-hybridized carbons (Fsp3) is 0.316. The van der Waals surface area contributed by atoms with E-state index in [0.717, 1.165) is 11.1 Å². The highest BCUT2D eigenvalue weighted by Crippen LogP contribution is 2.15. The molecular formula is C19H24ClFN2O3. The number of benzene rings is 2. The first-order valence-electron chi connectivity index (χ1n) is 8.06. The van der Waals surface area contributed by atoms with Gasteiger partial charge in [-0.05, 0) is 35.4 Å². The smallest absolute Gasteiger partial charge is 0.222 e. The molecule has 142 valence electrons. The van der Waals surface area contributed by atoms with Crippen molar-refractivity contribution in [3.05, 3.63) is 65.5 Å². The predicted octanol–water partition coefficient (Wildman–Crippen LogP) is 2.81. The third-order valence-corrected chi connectivity index (χ3v) is 3.72. The van der Waals surface area contributed by atoms with Crippen LogP contribution in [-0.2, 0) is 22.7 Å². The van der Waals surface area contributed by atoms with E-state index in [1.54, 1.807) is 6.07 Å². The summed E-state index contributed by atoms with van der Waals surface area (Å²) in [6.07, 6.45) is -0.0273. The van der Waals surface area contributed by atoms with Gasteiger partial charge in [-0.3, -0.25) is 4.79 Å². The molecule has 1 unspecified atom stereocenters. The van der Waals surface area contributed by atoms with Crippen LogP contribution in [0.15, 0.2) is 48.5 Å². The van der Waals surface area contributed by atoms with Crippen LogP contribution in [-0.4, -0.2) is 25.7 Å². The van der Waals surface area contributed by atoms with Crippen LogP contribution in [0.4, 0.5) is 4.39 Å². The number of nitrogens with one attached hydrogen (secondary N) is 1. The second-order valence-corrected chi connectivity index (χ2v) is 5.64. The lowest BCUT2D eigenvalue weighted by Crippen LogP contribution is -2.31. The van der Waals surface area contributed by atoms with Crippen molar-refractivity contribution in [2.45, 2.75) is 25.7 Å². The Kier molecular flexibility index (Phi) is 9.65. The molecule has 0 bridgehead atoms. The van der Waals surface area contributed by atoms with Gasteiger partial charge in [-0.25, -0.2) is 4.39 Å². The third-order valence-electron chi connectivity index (χ3n) is 3.72. The third kappa shape index (κ3) is 7.39. The molecule has 1 amide bonds. The lowest BCUT2D eigenvalue weighted by Gasteiger charge is -2.13. The molecule has 3 N–H and O–H groups in total. The van der Waals surface area contributed by atoms with E-state index in [9.17, 15) is 9.18 Å². The minimum atomic E-state index is -0.280. The lowest BCUT2D eigenvalue weighted by molar-refractivity contribution is -0.123. The van der Waals surface area contributed by atoms with E-state index in [0.29, 0.717) is 25.4 Å².